The second-order valence-corrected chi connectivity index (χ2v) is 7.07. The summed E-state index contributed by atoms with van der Waals surface area (Å²) in [6.45, 7) is 4.73. The minimum atomic E-state index is -0.143. The lowest BCUT2D eigenvalue weighted by Gasteiger charge is -2.34. The molecule has 1 aromatic rings. The maximum absolute atomic E-state index is 12.4. The summed E-state index contributed by atoms with van der Waals surface area (Å²) in [5.74, 6) is 2.00. The molecule has 0 N–H and O–H groups in total. The standard InChI is InChI=1S/C18H29N3O4/c1-13-5-4-8-21(13)17(22)12-15-11-16(19-25-15)20-9-6-14(7-10-20)18(23-2)24-3/h11,13-14,18H,4-10,12H2,1-3H3. The third kappa shape index (κ3) is 4.15. The lowest BCUT2D eigenvalue weighted by Crippen LogP contribution is -2.39. The van der Waals surface area contributed by atoms with E-state index in [1.54, 1.807) is 14.2 Å². The van der Waals surface area contributed by atoms with Crippen molar-refractivity contribution >= 4 is 11.7 Å². The first-order valence-corrected chi connectivity index (χ1v) is 9.18. The van der Waals surface area contributed by atoms with Crippen molar-refractivity contribution in [3.8, 4) is 0 Å². The molecule has 7 nitrogen and oxygen atoms in total. The van der Waals surface area contributed by atoms with E-state index >= 15 is 0 Å². The average molecular weight is 351 g/mol. The molecule has 1 unspecified atom stereocenters. The van der Waals surface area contributed by atoms with Crippen molar-refractivity contribution in [2.24, 2.45) is 5.92 Å². The molecule has 0 saturated carbocycles. The maximum Gasteiger partial charge on any atom is 0.230 e. The molecular weight excluding hydrogens is 322 g/mol. The van der Waals surface area contributed by atoms with Gasteiger partial charge in [-0.2, -0.15) is 0 Å². The lowest BCUT2D eigenvalue weighted by molar-refractivity contribution is -0.141. The van der Waals surface area contributed by atoms with E-state index < -0.39 is 0 Å². The Bertz CT molecular complexity index is 564. The quantitative estimate of drug-likeness (QED) is 0.731. The normalized spacial score (nSPS) is 22.2. The fraction of sp³-hybridized carbons (Fsp3) is 0.778. The van der Waals surface area contributed by atoms with E-state index in [0.717, 1.165) is 51.1 Å². The molecule has 2 saturated heterocycles. The number of amides is 1. The molecule has 2 fully saturated rings. The van der Waals surface area contributed by atoms with Crippen molar-refractivity contribution in [2.75, 3.05) is 38.8 Å². The lowest BCUT2D eigenvalue weighted by atomic mass is 9.96. The molecule has 7 heteroatoms. The van der Waals surface area contributed by atoms with Gasteiger partial charge >= 0.3 is 0 Å². The molecule has 140 valence electrons. The van der Waals surface area contributed by atoms with Crippen LogP contribution in [0.4, 0.5) is 5.82 Å². The van der Waals surface area contributed by atoms with Gasteiger partial charge in [0.05, 0.1) is 6.42 Å². The molecule has 0 radical (unpaired) electrons. The molecule has 2 aliphatic rings. The van der Waals surface area contributed by atoms with Gasteiger partial charge in [0.1, 0.15) is 5.76 Å². The highest BCUT2D eigenvalue weighted by molar-refractivity contribution is 5.79. The van der Waals surface area contributed by atoms with Gasteiger partial charge < -0.3 is 23.8 Å². The number of methoxy groups -OCH3 is 2. The van der Waals surface area contributed by atoms with Crippen LogP contribution < -0.4 is 4.90 Å². The molecule has 0 spiro atoms. The van der Waals surface area contributed by atoms with Crippen molar-refractivity contribution in [1.82, 2.24) is 10.1 Å². The summed E-state index contributed by atoms with van der Waals surface area (Å²) in [4.78, 5) is 16.5. The predicted octanol–water partition coefficient (Wildman–Crippen LogP) is 2.06. The number of nitrogens with zero attached hydrogens (tertiary/aromatic N) is 3. The Morgan fingerprint density at radius 3 is 2.60 bits per heavy atom. The molecule has 2 aliphatic heterocycles. The second kappa shape index (κ2) is 8.19. The van der Waals surface area contributed by atoms with E-state index in [-0.39, 0.29) is 12.2 Å². The van der Waals surface area contributed by atoms with Gasteiger partial charge in [0.15, 0.2) is 12.1 Å². The highest BCUT2D eigenvalue weighted by Gasteiger charge is 2.29. The van der Waals surface area contributed by atoms with Crippen molar-refractivity contribution in [2.45, 2.75) is 51.4 Å². The van der Waals surface area contributed by atoms with E-state index in [9.17, 15) is 4.79 Å². The van der Waals surface area contributed by atoms with Crippen LogP contribution in [0.15, 0.2) is 10.6 Å². The first-order valence-electron chi connectivity index (χ1n) is 9.18. The summed E-state index contributed by atoms with van der Waals surface area (Å²) in [6.07, 6.45) is 4.30. The van der Waals surface area contributed by atoms with Crippen LogP contribution in [0.25, 0.3) is 0 Å². The van der Waals surface area contributed by atoms with Gasteiger partial charge in [0, 0.05) is 51.9 Å². The van der Waals surface area contributed by atoms with E-state index in [1.807, 2.05) is 11.0 Å². The molecular formula is C18H29N3O4. The Balaban J connectivity index is 1.53. The molecule has 1 atom stereocenters. The number of hydrogen-bond acceptors (Lipinski definition) is 6. The third-order valence-electron chi connectivity index (χ3n) is 5.46. The van der Waals surface area contributed by atoms with Crippen molar-refractivity contribution in [3.05, 3.63) is 11.8 Å². The molecule has 3 heterocycles. The SMILES string of the molecule is COC(OC)C1CCN(c2cc(CC(=O)N3CCCC3C)on2)CC1. The fourth-order valence-electron chi connectivity index (χ4n) is 3.97. The van der Waals surface area contributed by atoms with E-state index in [2.05, 4.69) is 17.0 Å². The number of likely N-dealkylation sites (tertiary alicyclic amines) is 1. The largest absolute Gasteiger partial charge is 0.359 e. The number of carbonyl (C=O) groups excluding carboxylic acids is 1. The van der Waals surface area contributed by atoms with Gasteiger partial charge in [-0.3, -0.25) is 4.79 Å². The van der Waals surface area contributed by atoms with Gasteiger partial charge in [-0.25, -0.2) is 0 Å². The number of ether oxygens (including phenoxy) is 2. The summed E-state index contributed by atoms with van der Waals surface area (Å²) in [5.41, 5.74) is 0. The first-order chi connectivity index (χ1) is 12.1. The third-order valence-corrected chi connectivity index (χ3v) is 5.46. The zero-order chi connectivity index (χ0) is 17.8. The van der Waals surface area contributed by atoms with E-state index in [1.165, 1.54) is 0 Å². The molecule has 0 aliphatic carbocycles. The number of anilines is 1. The highest BCUT2D eigenvalue weighted by atomic mass is 16.7. The Morgan fingerprint density at radius 1 is 1.28 bits per heavy atom. The van der Waals surface area contributed by atoms with Crippen molar-refractivity contribution in [3.63, 3.8) is 0 Å². The minimum Gasteiger partial charge on any atom is -0.359 e. The van der Waals surface area contributed by atoms with Crippen LogP contribution in [-0.4, -0.2) is 62.1 Å². The summed E-state index contributed by atoms with van der Waals surface area (Å²) < 4.78 is 16.1. The predicted molar refractivity (Wildman–Crippen MR) is 93.4 cm³/mol. The summed E-state index contributed by atoms with van der Waals surface area (Å²) in [6, 6.07) is 2.24. The number of hydrogen-bond donors (Lipinski definition) is 0. The van der Waals surface area contributed by atoms with Gasteiger partial charge in [-0.1, -0.05) is 5.16 Å². The van der Waals surface area contributed by atoms with Crippen LogP contribution in [0.2, 0.25) is 0 Å². The Hall–Kier alpha value is -1.60. The number of carbonyl (C=O) groups is 1. The average Bonchev–Trinajstić information content (AvgIpc) is 3.25. The van der Waals surface area contributed by atoms with Gasteiger partial charge in [-0.15, -0.1) is 0 Å². The summed E-state index contributed by atoms with van der Waals surface area (Å²) in [7, 11) is 3.37. The molecule has 3 rings (SSSR count). The van der Waals surface area contributed by atoms with E-state index in [0.29, 0.717) is 24.1 Å². The first kappa shape index (κ1) is 18.2. The molecule has 0 bridgehead atoms. The number of aromatic nitrogens is 1. The van der Waals surface area contributed by atoms with Crippen LogP contribution in [0.1, 0.15) is 38.4 Å². The molecule has 25 heavy (non-hydrogen) atoms. The van der Waals surface area contributed by atoms with Crippen LogP contribution in [-0.2, 0) is 20.7 Å². The van der Waals surface area contributed by atoms with Gasteiger partial charge in [0.2, 0.25) is 5.91 Å². The Morgan fingerprint density at radius 2 is 2.00 bits per heavy atom. The van der Waals surface area contributed by atoms with Crippen LogP contribution in [0, 0.1) is 5.92 Å². The van der Waals surface area contributed by atoms with Crippen LogP contribution in [0.5, 0.6) is 0 Å². The van der Waals surface area contributed by atoms with E-state index in [4.69, 9.17) is 14.0 Å². The zero-order valence-electron chi connectivity index (χ0n) is 15.4. The zero-order valence-corrected chi connectivity index (χ0v) is 15.4. The topological polar surface area (TPSA) is 68.0 Å². The van der Waals surface area contributed by atoms with Gasteiger partial charge in [-0.05, 0) is 32.6 Å². The summed E-state index contributed by atoms with van der Waals surface area (Å²) in [5, 5.41) is 4.17. The highest BCUT2D eigenvalue weighted by Crippen LogP contribution is 2.27. The summed E-state index contributed by atoms with van der Waals surface area (Å²) >= 11 is 0. The monoisotopic (exact) mass is 351 g/mol. The van der Waals surface area contributed by atoms with Crippen molar-refractivity contribution in [1.29, 1.82) is 0 Å². The maximum atomic E-state index is 12.4. The Labute approximate surface area is 149 Å². The van der Waals surface area contributed by atoms with Crippen molar-refractivity contribution < 1.29 is 18.8 Å². The van der Waals surface area contributed by atoms with Crippen LogP contribution >= 0.6 is 0 Å². The second-order valence-electron chi connectivity index (χ2n) is 7.07. The number of piperidine rings is 1. The van der Waals surface area contributed by atoms with Gasteiger partial charge in [0.25, 0.3) is 0 Å². The van der Waals surface area contributed by atoms with Crippen LogP contribution in [0.3, 0.4) is 0 Å². The Kier molecular flexibility index (Phi) is 5.96. The molecule has 0 aromatic carbocycles. The molecule has 1 aromatic heterocycles. The smallest absolute Gasteiger partial charge is 0.230 e. The molecule has 1 amide bonds. The number of rotatable bonds is 6. The minimum absolute atomic E-state index is 0.134. The fourth-order valence-corrected chi connectivity index (χ4v) is 3.97.